The van der Waals surface area contributed by atoms with E-state index in [0.29, 0.717) is 60.9 Å². The first-order chi connectivity index (χ1) is 15.3. The van der Waals surface area contributed by atoms with Crippen molar-refractivity contribution in [1.82, 2.24) is 14.6 Å². The van der Waals surface area contributed by atoms with Crippen molar-refractivity contribution < 1.29 is 13.2 Å². The Labute approximate surface area is 189 Å². The van der Waals surface area contributed by atoms with Crippen LogP contribution < -0.4 is 10.6 Å². The van der Waals surface area contributed by atoms with Crippen molar-refractivity contribution in [3.05, 3.63) is 74.8 Å². The number of hydrogen-bond acceptors (Lipinski definition) is 4. The van der Waals surface area contributed by atoms with Crippen LogP contribution in [-0.4, -0.2) is 40.7 Å². The van der Waals surface area contributed by atoms with Crippen LogP contribution in [0.5, 0.6) is 0 Å². The van der Waals surface area contributed by atoms with E-state index in [-0.39, 0.29) is 5.56 Å². The Balaban J connectivity index is 1.51. The van der Waals surface area contributed by atoms with Crippen molar-refractivity contribution in [3.8, 4) is 0 Å². The summed E-state index contributed by atoms with van der Waals surface area (Å²) >= 11 is 6.30. The van der Waals surface area contributed by atoms with Crippen LogP contribution in [0.1, 0.15) is 30.3 Å². The zero-order valence-corrected chi connectivity index (χ0v) is 18.5. The molecule has 1 aliphatic rings. The van der Waals surface area contributed by atoms with Gasteiger partial charge in [-0.15, -0.1) is 0 Å². The van der Waals surface area contributed by atoms with Gasteiger partial charge in [-0.2, -0.15) is 13.2 Å². The lowest BCUT2D eigenvalue weighted by Crippen LogP contribution is -2.54. The summed E-state index contributed by atoms with van der Waals surface area (Å²) in [5, 5.41) is 2.80. The van der Waals surface area contributed by atoms with Gasteiger partial charge in [-0.1, -0.05) is 36.7 Å². The third-order valence-corrected chi connectivity index (χ3v) is 6.00. The van der Waals surface area contributed by atoms with E-state index in [0.717, 1.165) is 24.1 Å². The van der Waals surface area contributed by atoms with Crippen LogP contribution in [0.25, 0.3) is 10.9 Å². The Bertz CT molecular complexity index is 1150. The number of aromatic nitrogens is 2. The van der Waals surface area contributed by atoms with Gasteiger partial charge in [0.1, 0.15) is 5.82 Å². The Morgan fingerprint density at radius 2 is 1.72 bits per heavy atom. The van der Waals surface area contributed by atoms with E-state index in [1.807, 2.05) is 11.9 Å². The quantitative estimate of drug-likeness (QED) is 0.558. The number of fused-ring (bicyclic) bond motifs is 1. The fourth-order valence-electron chi connectivity index (χ4n) is 4.06. The third-order valence-electron chi connectivity index (χ3n) is 5.68. The summed E-state index contributed by atoms with van der Waals surface area (Å²) in [5.41, 5.74) is 0.620. The molecule has 2 aromatic carbocycles. The van der Waals surface area contributed by atoms with Crippen molar-refractivity contribution in [2.24, 2.45) is 0 Å². The summed E-state index contributed by atoms with van der Waals surface area (Å²) in [6.07, 6.45) is -2.81. The van der Waals surface area contributed by atoms with E-state index in [1.54, 1.807) is 22.9 Å². The van der Waals surface area contributed by atoms with Gasteiger partial charge in [-0.05, 0) is 36.2 Å². The lowest BCUT2D eigenvalue weighted by Gasteiger charge is -2.37. The lowest BCUT2D eigenvalue weighted by atomic mass is 10.1. The Morgan fingerprint density at radius 3 is 2.34 bits per heavy atom. The van der Waals surface area contributed by atoms with Crippen molar-refractivity contribution in [2.75, 3.05) is 31.2 Å². The summed E-state index contributed by atoms with van der Waals surface area (Å²) < 4.78 is 40.0. The number of rotatable bonds is 5. The molecule has 170 valence electrons. The average Bonchev–Trinajstić information content (AvgIpc) is 2.75. The Morgan fingerprint density at radius 1 is 1.03 bits per heavy atom. The van der Waals surface area contributed by atoms with Crippen molar-refractivity contribution in [3.63, 3.8) is 0 Å². The molecule has 32 heavy (non-hydrogen) atoms. The standard InChI is InChI=1S/C23H24ClF3N4O/c1-2-4-20-28-19-6-3-5-18(24)21(19)22(32)31(20)30-13-11-29(12-14-30)15-16-7-9-17(10-8-16)23(25,26)27/h3,5-10H,2,4,11-15H2,1H3. The second kappa shape index (κ2) is 9.11. The number of benzene rings is 2. The van der Waals surface area contributed by atoms with E-state index < -0.39 is 11.7 Å². The molecule has 0 radical (unpaired) electrons. The predicted molar refractivity (Wildman–Crippen MR) is 120 cm³/mol. The van der Waals surface area contributed by atoms with Crippen LogP contribution in [-0.2, 0) is 19.1 Å². The largest absolute Gasteiger partial charge is 0.416 e. The Kier molecular flexibility index (Phi) is 6.44. The maximum atomic E-state index is 13.3. The SMILES string of the molecule is CCCc1nc2cccc(Cl)c2c(=O)n1N1CCN(Cc2ccc(C(F)(F)F)cc2)CC1. The monoisotopic (exact) mass is 464 g/mol. The van der Waals surface area contributed by atoms with Crippen molar-refractivity contribution in [1.29, 1.82) is 0 Å². The zero-order valence-electron chi connectivity index (χ0n) is 17.7. The molecule has 4 rings (SSSR count). The van der Waals surface area contributed by atoms with Gasteiger partial charge in [-0.3, -0.25) is 9.69 Å². The topological polar surface area (TPSA) is 41.4 Å². The minimum absolute atomic E-state index is 0.166. The molecular weight excluding hydrogens is 441 g/mol. The number of hydrogen-bond donors (Lipinski definition) is 0. The van der Waals surface area contributed by atoms with Crippen LogP contribution in [0.3, 0.4) is 0 Å². The molecule has 3 aromatic rings. The van der Waals surface area contributed by atoms with Gasteiger partial charge in [0.2, 0.25) is 0 Å². The summed E-state index contributed by atoms with van der Waals surface area (Å²) in [7, 11) is 0. The molecule has 0 aliphatic carbocycles. The third kappa shape index (κ3) is 4.61. The molecule has 1 saturated heterocycles. The Hall–Kier alpha value is -2.58. The molecule has 9 heteroatoms. The predicted octanol–water partition coefficient (Wildman–Crippen LogP) is 4.48. The molecule has 0 unspecified atom stereocenters. The molecule has 1 aromatic heterocycles. The number of nitrogens with zero attached hydrogens (tertiary/aromatic N) is 4. The van der Waals surface area contributed by atoms with E-state index in [1.165, 1.54) is 12.1 Å². The molecule has 2 heterocycles. The fraction of sp³-hybridized carbons (Fsp3) is 0.391. The molecule has 5 nitrogen and oxygen atoms in total. The van der Waals surface area contributed by atoms with Gasteiger partial charge >= 0.3 is 6.18 Å². The molecule has 1 aliphatic heterocycles. The molecule has 0 bridgehead atoms. The number of halogens is 4. The molecule has 1 fully saturated rings. The van der Waals surface area contributed by atoms with Gasteiger partial charge in [-0.25, -0.2) is 9.66 Å². The van der Waals surface area contributed by atoms with Gasteiger partial charge in [0, 0.05) is 39.1 Å². The van der Waals surface area contributed by atoms with Crippen LogP contribution in [0.15, 0.2) is 47.3 Å². The minimum atomic E-state index is -4.33. The molecule has 0 saturated carbocycles. The molecule has 0 atom stereocenters. The normalized spacial score (nSPS) is 15.5. The number of aryl methyl sites for hydroxylation is 1. The van der Waals surface area contributed by atoms with Gasteiger partial charge < -0.3 is 5.01 Å². The highest BCUT2D eigenvalue weighted by atomic mass is 35.5. The average molecular weight is 465 g/mol. The fourth-order valence-corrected chi connectivity index (χ4v) is 4.31. The maximum absolute atomic E-state index is 13.3. The maximum Gasteiger partial charge on any atom is 0.416 e. The smallest absolute Gasteiger partial charge is 0.306 e. The second-order valence-corrected chi connectivity index (χ2v) is 8.36. The lowest BCUT2D eigenvalue weighted by molar-refractivity contribution is -0.137. The summed E-state index contributed by atoms with van der Waals surface area (Å²) in [6.45, 7) is 5.17. The van der Waals surface area contributed by atoms with Crippen LogP contribution in [0, 0.1) is 0 Å². The van der Waals surface area contributed by atoms with Crippen molar-refractivity contribution >= 4 is 22.5 Å². The summed E-state index contributed by atoms with van der Waals surface area (Å²) in [5.74, 6) is 0.712. The van der Waals surface area contributed by atoms with Gasteiger partial charge in [0.15, 0.2) is 0 Å². The van der Waals surface area contributed by atoms with E-state index in [4.69, 9.17) is 16.6 Å². The molecule has 0 amide bonds. The molecular formula is C23H24ClF3N4O. The van der Waals surface area contributed by atoms with E-state index in [2.05, 4.69) is 4.90 Å². The first-order valence-corrected chi connectivity index (χ1v) is 11.0. The second-order valence-electron chi connectivity index (χ2n) is 7.95. The number of piperazine rings is 1. The van der Waals surface area contributed by atoms with Gasteiger partial charge in [0.25, 0.3) is 5.56 Å². The van der Waals surface area contributed by atoms with E-state index >= 15 is 0 Å². The highest BCUT2D eigenvalue weighted by molar-refractivity contribution is 6.35. The number of alkyl halides is 3. The molecule has 0 N–H and O–H groups in total. The van der Waals surface area contributed by atoms with Crippen LogP contribution in [0.2, 0.25) is 5.02 Å². The van der Waals surface area contributed by atoms with Crippen molar-refractivity contribution in [2.45, 2.75) is 32.5 Å². The van der Waals surface area contributed by atoms with Crippen LogP contribution >= 0.6 is 11.6 Å². The minimum Gasteiger partial charge on any atom is -0.306 e. The summed E-state index contributed by atoms with van der Waals surface area (Å²) in [4.78, 5) is 20.2. The summed E-state index contributed by atoms with van der Waals surface area (Å²) in [6, 6.07) is 10.6. The first-order valence-electron chi connectivity index (χ1n) is 10.6. The highest BCUT2D eigenvalue weighted by Gasteiger charge is 2.30. The first kappa shape index (κ1) is 22.6. The van der Waals surface area contributed by atoms with E-state index in [9.17, 15) is 18.0 Å². The van der Waals surface area contributed by atoms with Crippen LogP contribution in [0.4, 0.5) is 13.2 Å². The van der Waals surface area contributed by atoms with Gasteiger partial charge in [0.05, 0.1) is 21.5 Å². The highest BCUT2D eigenvalue weighted by Crippen LogP contribution is 2.29. The molecule has 0 spiro atoms. The zero-order chi connectivity index (χ0) is 22.9.